The predicted molar refractivity (Wildman–Crippen MR) is 112 cm³/mol. The lowest BCUT2D eigenvalue weighted by molar-refractivity contribution is -0.122. The molecule has 0 aliphatic carbocycles. The van der Waals surface area contributed by atoms with Gasteiger partial charge in [0.25, 0.3) is 5.91 Å². The van der Waals surface area contributed by atoms with Crippen molar-refractivity contribution in [3.8, 4) is 5.75 Å². The SMILES string of the molecule is CSc1nnc(NC(=O)C2CN(S(C)(=O)=O)c3cc(C(C)(C)C)ccc3O2)s1. The maximum Gasteiger partial charge on any atom is 0.269 e. The van der Waals surface area contributed by atoms with Gasteiger partial charge in [0.1, 0.15) is 5.75 Å². The van der Waals surface area contributed by atoms with E-state index < -0.39 is 22.0 Å². The van der Waals surface area contributed by atoms with E-state index in [0.717, 1.165) is 16.2 Å². The Bertz CT molecular complexity index is 998. The van der Waals surface area contributed by atoms with E-state index in [9.17, 15) is 13.2 Å². The molecule has 1 aliphatic heterocycles. The third-order valence-electron chi connectivity index (χ3n) is 4.20. The number of hydrogen-bond donors (Lipinski definition) is 1. The fraction of sp³-hybridized carbons (Fsp3) is 0.471. The Hall–Kier alpha value is -1.85. The van der Waals surface area contributed by atoms with Crippen LogP contribution in [0.15, 0.2) is 22.5 Å². The van der Waals surface area contributed by atoms with E-state index in [-0.39, 0.29) is 12.0 Å². The second kappa shape index (κ2) is 7.53. The third-order valence-corrected chi connectivity index (χ3v) is 7.16. The number of aromatic nitrogens is 2. The largest absolute Gasteiger partial charge is 0.476 e. The number of nitrogens with zero attached hydrogens (tertiary/aromatic N) is 3. The summed E-state index contributed by atoms with van der Waals surface area (Å²) in [5.41, 5.74) is 1.27. The molecule has 2 heterocycles. The lowest BCUT2D eigenvalue weighted by Gasteiger charge is -2.35. The number of fused-ring (bicyclic) bond motifs is 1. The topological polar surface area (TPSA) is 101 Å². The van der Waals surface area contributed by atoms with Gasteiger partial charge < -0.3 is 4.74 Å². The highest BCUT2D eigenvalue weighted by Crippen LogP contribution is 2.38. The van der Waals surface area contributed by atoms with Crippen molar-refractivity contribution in [1.29, 1.82) is 0 Å². The van der Waals surface area contributed by atoms with Gasteiger partial charge in [-0.3, -0.25) is 14.4 Å². The summed E-state index contributed by atoms with van der Waals surface area (Å²) in [5, 5.41) is 10.8. The van der Waals surface area contributed by atoms with Gasteiger partial charge in [-0.05, 0) is 29.4 Å². The van der Waals surface area contributed by atoms with Crippen LogP contribution in [0.4, 0.5) is 10.8 Å². The number of hydrogen-bond acceptors (Lipinski definition) is 8. The predicted octanol–water partition coefficient (Wildman–Crippen LogP) is 2.72. The standard InChI is InChI=1S/C17H22N4O4S3/c1-17(2,3)10-6-7-12-11(8-10)21(28(5,23)24)9-13(25-12)14(22)18-15-19-20-16(26-4)27-15/h6-8,13H,9H2,1-5H3,(H,18,19,22). The van der Waals surface area contributed by atoms with E-state index in [4.69, 9.17) is 4.74 Å². The minimum absolute atomic E-state index is 0.112. The van der Waals surface area contributed by atoms with Crippen molar-refractivity contribution in [2.45, 2.75) is 36.6 Å². The summed E-state index contributed by atoms with van der Waals surface area (Å²) >= 11 is 2.67. The summed E-state index contributed by atoms with van der Waals surface area (Å²) < 4.78 is 32.6. The fourth-order valence-electron chi connectivity index (χ4n) is 2.70. The van der Waals surface area contributed by atoms with Crippen LogP contribution in [0.3, 0.4) is 0 Å². The fourth-order valence-corrected chi connectivity index (χ4v) is 4.78. The Morgan fingerprint density at radius 3 is 2.64 bits per heavy atom. The maximum atomic E-state index is 12.6. The number of anilines is 2. The zero-order valence-electron chi connectivity index (χ0n) is 16.2. The van der Waals surface area contributed by atoms with Gasteiger partial charge in [0.15, 0.2) is 10.4 Å². The lowest BCUT2D eigenvalue weighted by atomic mass is 9.86. The van der Waals surface area contributed by atoms with Crippen molar-refractivity contribution in [2.75, 3.05) is 28.7 Å². The highest BCUT2D eigenvalue weighted by Gasteiger charge is 2.36. The number of carbonyl (C=O) groups excluding carboxylic acids is 1. The highest BCUT2D eigenvalue weighted by molar-refractivity contribution is 8.00. The number of benzene rings is 1. The Kier molecular flexibility index (Phi) is 5.61. The van der Waals surface area contributed by atoms with Gasteiger partial charge in [-0.15, -0.1) is 10.2 Å². The molecule has 8 nitrogen and oxygen atoms in total. The van der Waals surface area contributed by atoms with Crippen molar-refractivity contribution < 1.29 is 17.9 Å². The smallest absolute Gasteiger partial charge is 0.269 e. The van der Waals surface area contributed by atoms with Gasteiger partial charge in [0, 0.05) is 0 Å². The first-order valence-electron chi connectivity index (χ1n) is 8.46. The second-order valence-corrected chi connectivity index (χ2v) is 11.3. The zero-order valence-corrected chi connectivity index (χ0v) is 18.7. The van der Waals surface area contributed by atoms with Crippen molar-refractivity contribution in [2.24, 2.45) is 0 Å². The quantitative estimate of drug-likeness (QED) is 0.574. The number of amides is 1. The number of sulfonamides is 1. The number of ether oxygens (including phenoxy) is 1. The second-order valence-electron chi connectivity index (χ2n) is 7.40. The molecule has 28 heavy (non-hydrogen) atoms. The molecule has 0 fully saturated rings. The Labute approximate surface area is 172 Å². The molecule has 0 saturated heterocycles. The molecule has 1 aliphatic rings. The molecule has 0 radical (unpaired) electrons. The van der Waals surface area contributed by atoms with E-state index in [0.29, 0.717) is 16.6 Å². The Balaban J connectivity index is 1.90. The molecule has 1 aromatic heterocycles. The minimum Gasteiger partial charge on any atom is -0.476 e. The molecule has 1 amide bonds. The van der Waals surface area contributed by atoms with Crippen molar-refractivity contribution in [3.63, 3.8) is 0 Å². The Morgan fingerprint density at radius 2 is 2.07 bits per heavy atom. The monoisotopic (exact) mass is 442 g/mol. The molecule has 1 aromatic carbocycles. The first-order chi connectivity index (χ1) is 13.0. The summed E-state index contributed by atoms with van der Waals surface area (Å²) in [7, 11) is -3.60. The van der Waals surface area contributed by atoms with Gasteiger partial charge in [0.2, 0.25) is 15.2 Å². The van der Waals surface area contributed by atoms with Crippen LogP contribution in [-0.2, 0) is 20.2 Å². The van der Waals surface area contributed by atoms with Crippen LogP contribution >= 0.6 is 23.1 Å². The molecule has 0 spiro atoms. The summed E-state index contributed by atoms with van der Waals surface area (Å²) in [6.07, 6.45) is 1.99. The molecule has 11 heteroatoms. The zero-order chi connectivity index (χ0) is 20.7. The molecule has 1 N–H and O–H groups in total. The molecule has 0 bridgehead atoms. The van der Waals surface area contributed by atoms with Gasteiger partial charge in [-0.25, -0.2) is 8.42 Å². The molecule has 1 atom stereocenters. The van der Waals surface area contributed by atoms with E-state index in [1.54, 1.807) is 12.1 Å². The highest BCUT2D eigenvalue weighted by atomic mass is 32.2. The average Bonchev–Trinajstić information content (AvgIpc) is 3.06. The number of thioether (sulfide) groups is 1. The van der Waals surface area contributed by atoms with Crippen molar-refractivity contribution >= 4 is 49.8 Å². The van der Waals surface area contributed by atoms with Crippen LogP contribution in [0, 0.1) is 0 Å². The molecule has 0 saturated carbocycles. The summed E-state index contributed by atoms with van der Waals surface area (Å²) in [6, 6.07) is 5.40. The molecular formula is C17H22N4O4S3. The van der Waals surface area contributed by atoms with Gasteiger partial charge >= 0.3 is 0 Å². The average molecular weight is 443 g/mol. The first kappa shape index (κ1) is 20.9. The first-order valence-corrected chi connectivity index (χ1v) is 12.4. The number of carbonyl (C=O) groups is 1. The Morgan fingerprint density at radius 1 is 1.36 bits per heavy atom. The minimum atomic E-state index is -3.60. The molecular weight excluding hydrogens is 420 g/mol. The molecule has 1 unspecified atom stereocenters. The normalized spacial score (nSPS) is 17.0. The van der Waals surface area contributed by atoms with Crippen LogP contribution in [-0.4, -0.2) is 49.7 Å². The van der Waals surface area contributed by atoms with Crippen LogP contribution in [0.2, 0.25) is 0 Å². The van der Waals surface area contributed by atoms with Crippen LogP contribution in [0.25, 0.3) is 0 Å². The lowest BCUT2D eigenvalue weighted by Crippen LogP contribution is -2.48. The van der Waals surface area contributed by atoms with E-state index >= 15 is 0 Å². The number of rotatable bonds is 4. The van der Waals surface area contributed by atoms with Crippen molar-refractivity contribution in [3.05, 3.63) is 23.8 Å². The van der Waals surface area contributed by atoms with Crippen LogP contribution < -0.4 is 14.4 Å². The van der Waals surface area contributed by atoms with Crippen LogP contribution in [0.5, 0.6) is 5.75 Å². The van der Waals surface area contributed by atoms with E-state index in [1.165, 1.54) is 27.4 Å². The summed E-state index contributed by atoms with van der Waals surface area (Å²) in [4.78, 5) is 12.6. The maximum absolute atomic E-state index is 12.6. The molecule has 3 rings (SSSR count). The van der Waals surface area contributed by atoms with Crippen LogP contribution in [0.1, 0.15) is 26.3 Å². The van der Waals surface area contributed by atoms with Gasteiger partial charge in [-0.2, -0.15) is 0 Å². The third kappa shape index (κ3) is 4.41. The van der Waals surface area contributed by atoms with Gasteiger partial charge in [0.05, 0.1) is 18.5 Å². The number of nitrogens with one attached hydrogen (secondary N) is 1. The molecule has 2 aromatic rings. The summed E-state index contributed by atoms with van der Waals surface area (Å²) in [5.74, 6) is -0.116. The van der Waals surface area contributed by atoms with E-state index in [2.05, 4.69) is 15.5 Å². The molecule has 152 valence electrons. The van der Waals surface area contributed by atoms with Gasteiger partial charge in [-0.1, -0.05) is 49.9 Å². The summed E-state index contributed by atoms with van der Waals surface area (Å²) in [6.45, 7) is 6.03. The van der Waals surface area contributed by atoms with E-state index in [1.807, 2.05) is 33.1 Å². The van der Waals surface area contributed by atoms with Crippen molar-refractivity contribution in [1.82, 2.24) is 10.2 Å².